The first-order valence-corrected chi connectivity index (χ1v) is 9.19. The first-order valence-electron chi connectivity index (χ1n) is 9.19. The fourth-order valence-electron chi connectivity index (χ4n) is 3.56. The number of nitrogens with zero attached hydrogens (tertiary/aromatic N) is 2. The molecule has 0 saturated heterocycles. The van der Waals surface area contributed by atoms with Crippen LogP contribution in [0.4, 0.5) is 0 Å². The predicted molar refractivity (Wildman–Crippen MR) is 101 cm³/mol. The van der Waals surface area contributed by atoms with Gasteiger partial charge in [0.15, 0.2) is 11.7 Å². The van der Waals surface area contributed by atoms with Gasteiger partial charge in [0.05, 0.1) is 12.7 Å². The fourth-order valence-corrected chi connectivity index (χ4v) is 3.56. The quantitative estimate of drug-likeness (QED) is 0.617. The molecule has 0 atom stereocenters. The molecule has 2 N–H and O–H groups in total. The van der Waals surface area contributed by atoms with E-state index < -0.39 is 0 Å². The molecule has 0 unspecified atom stereocenters. The van der Waals surface area contributed by atoms with E-state index in [1.807, 2.05) is 30.3 Å². The van der Waals surface area contributed by atoms with E-state index in [4.69, 9.17) is 4.42 Å². The van der Waals surface area contributed by atoms with Gasteiger partial charge in [-0.2, -0.15) is 0 Å². The van der Waals surface area contributed by atoms with E-state index in [2.05, 4.69) is 27.5 Å². The Bertz CT molecular complexity index is 687. The van der Waals surface area contributed by atoms with Crippen molar-refractivity contribution in [1.82, 2.24) is 15.6 Å². The van der Waals surface area contributed by atoms with Crippen LogP contribution in [0.15, 0.2) is 45.9 Å². The molecule has 0 spiro atoms. The lowest BCUT2D eigenvalue weighted by Gasteiger charge is -2.28. The second-order valence-corrected chi connectivity index (χ2v) is 6.82. The van der Waals surface area contributed by atoms with Crippen LogP contribution < -0.4 is 10.6 Å². The molecule has 5 nitrogen and oxygen atoms in total. The Balaban J connectivity index is 1.52. The van der Waals surface area contributed by atoms with Crippen molar-refractivity contribution >= 4 is 5.96 Å². The lowest BCUT2D eigenvalue weighted by atomic mass is 9.83. The predicted octanol–water partition coefficient (Wildman–Crippen LogP) is 3.98. The SMILES string of the molecule is CCC1(CNC(=NC)NCc2ncc(-c3ccccc3)o2)CCCC1. The topological polar surface area (TPSA) is 62.5 Å². The number of hydrogen-bond donors (Lipinski definition) is 2. The zero-order valence-electron chi connectivity index (χ0n) is 15.2. The van der Waals surface area contributed by atoms with Crippen molar-refractivity contribution in [3.63, 3.8) is 0 Å². The highest BCUT2D eigenvalue weighted by Crippen LogP contribution is 2.40. The van der Waals surface area contributed by atoms with Crippen molar-refractivity contribution in [2.75, 3.05) is 13.6 Å². The largest absolute Gasteiger partial charge is 0.439 e. The lowest BCUT2D eigenvalue weighted by molar-refractivity contribution is 0.283. The van der Waals surface area contributed by atoms with Crippen LogP contribution >= 0.6 is 0 Å². The van der Waals surface area contributed by atoms with Crippen molar-refractivity contribution < 1.29 is 4.42 Å². The highest BCUT2D eigenvalue weighted by Gasteiger charge is 2.31. The van der Waals surface area contributed by atoms with Crippen molar-refractivity contribution in [2.24, 2.45) is 10.4 Å². The molecule has 1 aliphatic carbocycles. The van der Waals surface area contributed by atoms with Gasteiger partial charge in [-0.05, 0) is 24.7 Å². The standard InChI is InChI=1S/C20H28N4O/c1-3-20(11-7-8-12-20)15-24-19(21-2)23-14-18-22-13-17(25-18)16-9-5-4-6-10-16/h4-6,9-10,13H,3,7-8,11-12,14-15H2,1-2H3,(H2,21,23,24). The molecule has 1 aliphatic rings. The van der Waals surface area contributed by atoms with Gasteiger partial charge in [-0.15, -0.1) is 0 Å². The lowest BCUT2D eigenvalue weighted by Crippen LogP contribution is -2.42. The maximum absolute atomic E-state index is 5.83. The number of aromatic nitrogens is 1. The van der Waals surface area contributed by atoms with Gasteiger partial charge in [0.25, 0.3) is 0 Å². The molecule has 1 aromatic heterocycles. The van der Waals surface area contributed by atoms with Gasteiger partial charge in [0, 0.05) is 19.2 Å². The molecule has 0 bridgehead atoms. The minimum absolute atomic E-state index is 0.432. The number of guanidine groups is 1. The molecule has 3 rings (SSSR count). The third-order valence-corrected chi connectivity index (χ3v) is 5.29. The number of oxazole rings is 1. The highest BCUT2D eigenvalue weighted by molar-refractivity contribution is 5.79. The van der Waals surface area contributed by atoms with Crippen molar-refractivity contribution in [3.05, 3.63) is 42.4 Å². The molecule has 5 heteroatoms. The highest BCUT2D eigenvalue weighted by atomic mass is 16.4. The molecule has 1 saturated carbocycles. The second kappa shape index (κ2) is 8.19. The fraction of sp³-hybridized carbons (Fsp3) is 0.500. The third kappa shape index (κ3) is 4.41. The molecule has 0 radical (unpaired) electrons. The maximum Gasteiger partial charge on any atom is 0.214 e. The monoisotopic (exact) mass is 340 g/mol. The molecule has 0 amide bonds. The van der Waals surface area contributed by atoms with Gasteiger partial charge >= 0.3 is 0 Å². The average molecular weight is 340 g/mol. The van der Waals surface area contributed by atoms with Crippen molar-refractivity contribution in [2.45, 2.75) is 45.6 Å². The third-order valence-electron chi connectivity index (χ3n) is 5.29. The van der Waals surface area contributed by atoms with Crippen molar-refractivity contribution in [1.29, 1.82) is 0 Å². The molecule has 1 fully saturated rings. The van der Waals surface area contributed by atoms with Crippen LogP contribution in [0.2, 0.25) is 0 Å². The van der Waals surface area contributed by atoms with Crippen LogP contribution in [0.1, 0.15) is 44.9 Å². The summed E-state index contributed by atoms with van der Waals surface area (Å²) in [5.74, 6) is 2.25. The summed E-state index contributed by atoms with van der Waals surface area (Å²) in [6.07, 6.45) is 8.31. The molecule has 2 aromatic rings. The second-order valence-electron chi connectivity index (χ2n) is 6.82. The molecule has 1 heterocycles. The van der Waals surface area contributed by atoms with Gasteiger partial charge in [-0.1, -0.05) is 50.1 Å². The van der Waals surface area contributed by atoms with Gasteiger partial charge in [0.2, 0.25) is 5.89 Å². The summed E-state index contributed by atoms with van der Waals surface area (Å²) >= 11 is 0. The summed E-state index contributed by atoms with van der Waals surface area (Å²) in [5.41, 5.74) is 1.47. The number of aliphatic imine (C=N–C) groups is 1. The van der Waals surface area contributed by atoms with Crippen LogP contribution in [0, 0.1) is 5.41 Å². The Kier molecular flexibility index (Phi) is 5.74. The number of rotatable bonds is 6. The molecule has 25 heavy (non-hydrogen) atoms. The molecule has 1 aromatic carbocycles. The zero-order chi connectivity index (χ0) is 17.5. The van der Waals surface area contributed by atoms with E-state index >= 15 is 0 Å². The van der Waals surface area contributed by atoms with Gasteiger partial charge in [0.1, 0.15) is 0 Å². The number of benzene rings is 1. The zero-order valence-corrected chi connectivity index (χ0v) is 15.2. The summed E-state index contributed by atoms with van der Waals surface area (Å²) in [6.45, 7) is 3.79. The normalized spacial score (nSPS) is 16.8. The summed E-state index contributed by atoms with van der Waals surface area (Å²) < 4.78 is 5.83. The van der Waals surface area contributed by atoms with Crippen LogP contribution in [-0.4, -0.2) is 24.5 Å². The van der Waals surface area contributed by atoms with Crippen LogP contribution in [0.5, 0.6) is 0 Å². The Morgan fingerprint density at radius 1 is 1.20 bits per heavy atom. The summed E-state index contributed by atoms with van der Waals surface area (Å²) in [6, 6.07) is 10.0. The molecule has 0 aliphatic heterocycles. The Labute approximate surface area is 150 Å². The van der Waals surface area contributed by atoms with Crippen LogP contribution in [-0.2, 0) is 6.54 Å². The minimum atomic E-state index is 0.432. The van der Waals surface area contributed by atoms with E-state index in [9.17, 15) is 0 Å². The summed E-state index contributed by atoms with van der Waals surface area (Å²) in [5, 5.41) is 6.78. The van der Waals surface area contributed by atoms with E-state index in [-0.39, 0.29) is 0 Å². The molecular weight excluding hydrogens is 312 g/mol. The Morgan fingerprint density at radius 2 is 1.96 bits per heavy atom. The van der Waals surface area contributed by atoms with Gasteiger partial charge < -0.3 is 15.1 Å². The molecular formula is C20H28N4O. The van der Waals surface area contributed by atoms with E-state index in [0.717, 1.165) is 23.8 Å². The minimum Gasteiger partial charge on any atom is -0.439 e. The smallest absolute Gasteiger partial charge is 0.214 e. The Morgan fingerprint density at radius 3 is 2.64 bits per heavy atom. The average Bonchev–Trinajstić information content (AvgIpc) is 3.33. The van der Waals surface area contributed by atoms with E-state index in [0.29, 0.717) is 17.9 Å². The first kappa shape index (κ1) is 17.5. The van der Waals surface area contributed by atoms with E-state index in [1.54, 1.807) is 13.2 Å². The van der Waals surface area contributed by atoms with Crippen molar-refractivity contribution in [3.8, 4) is 11.3 Å². The van der Waals surface area contributed by atoms with Gasteiger partial charge in [-0.25, -0.2) is 4.98 Å². The van der Waals surface area contributed by atoms with Crippen LogP contribution in [0.25, 0.3) is 11.3 Å². The summed E-state index contributed by atoms with van der Waals surface area (Å²) in [4.78, 5) is 8.67. The number of hydrogen-bond acceptors (Lipinski definition) is 3. The Hall–Kier alpha value is -2.30. The van der Waals surface area contributed by atoms with Crippen LogP contribution in [0.3, 0.4) is 0 Å². The number of nitrogens with one attached hydrogen (secondary N) is 2. The molecule has 134 valence electrons. The maximum atomic E-state index is 5.83. The summed E-state index contributed by atoms with van der Waals surface area (Å²) in [7, 11) is 1.80. The van der Waals surface area contributed by atoms with E-state index in [1.165, 1.54) is 32.1 Å². The first-order chi connectivity index (χ1) is 12.2. The van der Waals surface area contributed by atoms with Gasteiger partial charge in [-0.3, -0.25) is 4.99 Å².